The topological polar surface area (TPSA) is 87.5 Å². The van der Waals surface area contributed by atoms with Crippen LogP contribution in [-0.2, 0) is 15.3 Å². The number of hydrogen-bond donors (Lipinski definition) is 1. The summed E-state index contributed by atoms with van der Waals surface area (Å²) in [6.07, 6.45) is 4.90. The van der Waals surface area contributed by atoms with E-state index in [9.17, 15) is 9.18 Å². The van der Waals surface area contributed by atoms with Gasteiger partial charge in [0.1, 0.15) is 18.0 Å². The standard InChI is InChI=1S/C30H35FN4O4S/c1-18(2)38-24-15-14-20(16-25(24)37-4)27-26(28(36)39-22-11-6-5-7-12-22)19(3)32-29-33-30(34-35(27)29)40-17-21-10-8-9-13-23(21)31/h8-10,13-16,18,22,27H,5-7,11-12,17H2,1-4H3,(H,32,33,34). The molecule has 2 heterocycles. The number of methoxy groups -OCH3 is 1. The molecule has 8 nitrogen and oxygen atoms in total. The molecule has 10 heteroatoms. The van der Waals surface area contributed by atoms with Gasteiger partial charge in [0.2, 0.25) is 11.1 Å². The zero-order valence-electron chi connectivity index (χ0n) is 23.3. The van der Waals surface area contributed by atoms with Crippen molar-refractivity contribution in [2.45, 2.75) is 82.0 Å². The normalized spacial score (nSPS) is 17.4. The van der Waals surface area contributed by atoms with Gasteiger partial charge in [-0.3, -0.25) is 0 Å². The van der Waals surface area contributed by atoms with Gasteiger partial charge >= 0.3 is 5.97 Å². The minimum Gasteiger partial charge on any atom is -0.493 e. The number of nitrogens with one attached hydrogen (secondary N) is 1. The van der Waals surface area contributed by atoms with Gasteiger partial charge in [0.05, 0.1) is 18.8 Å². The van der Waals surface area contributed by atoms with Gasteiger partial charge in [0, 0.05) is 11.4 Å². The van der Waals surface area contributed by atoms with Crippen LogP contribution in [-0.4, -0.2) is 40.1 Å². The van der Waals surface area contributed by atoms with Gasteiger partial charge in [-0.05, 0) is 75.8 Å². The molecule has 1 unspecified atom stereocenters. The Balaban J connectivity index is 1.51. The highest BCUT2D eigenvalue weighted by molar-refractivity contribution is 7.98. The minimum atomic E-state index is -0.607. The molecular weight excluding hydrogens is 531 g/mol. The second-order valence-electron chi connectivity index (χ2n) is 10.4. The highest BCUT2D eigenvalue weighted by Crippen LogP contribution is 2.40. The van der Waals surface area contributed by atoms with Crippen LogP contribution in [0.1, 0.15) is 70.0 Å². The predicted molar refractivity (Wildman–Crippen MR) is 152 cm³/mol. The highest BCUT2D eigenvalue weighted by atomic mass is 32.2. The monoisotopic (exact) mass is 566 g/mol. The van der Waals surface area contributed by atoms with Crippen molar-refractivity contribution in [2.24, 2.45) is 0 Å². The molecule has 1 saturated carbocycles. The fraction of sp³-hybridized carbons (Fsp3) is 0.433. The summed E-state index contributed by atoms with van der Waals surface area (Å²) in [7, 11) is 1.59. The van der Waals surface area contributed by atoms with E-state index in [2.05, 4.69) is 10.3 Å². The van der Waals surface area contributed by atoms with Crippen LogP contribution in [0.3, 0.4) is 0 Å². The lowest BCUT2D eigenvalue weighted by Gasteiger charge is -2.30. The fourth-order valence-electron chi connectivity index (χ4n) is 5.13. The lowest BCUT2D eigenvalue weighted by Crippen LogP contribution is -2.32. The van der Waals surface area contributed by atoms with Crippen LogP contribution in [0.25, 0.3) is 0 Å². The molecule has 1 atom stereocenters. The molecular formula is C30H35FN4O4S. The molecule has 1 aromatic heterocycles. The molecule has 3 aromatic rings. The summed E-state index contributed by atoms with van der Waals surface area (Å²) in [6, 6.07) is 11.7. The number of halogens is 1. The maximum Gasteiger partial charge on any atom is 0.338 e. The van der Waals surface area contributed by atoms with Gasteiger partial charge in [0.25, 0.3) is 0 Å². The first-order valence-corrected chi connectivity index (χ1v) is 14.7. The lowest BCUT2D eigenvalue weighted by atomic mass is 9.94. The average Bonchev–Trinajstić information content (AvgIpc) is 3.34. The third kappa shape index (κ3) is 6.11. The SMILES string of the molecule is COc1cc(C2C(C(=O)OC3CCCCC3)=C(C)Nc3nc(SCc4ccccc4F)nn32)ccc1OC(C)C. The molecule has 0 spiro atoms. The number of carbonyl (C=O) groups excluding carboxylic acids is 1. The third-order valence-electron chi connectivity index (χ3n) is 7.06. The first kappa shape index (κ1) is 28.0. The van der Waals surface area contributed by atoms with Crippen molar-refractivity contribution >= 4 is 23.7 Å². The number of aromatic nitrogens is 3. The van der Waals surface area contributed by atoms with Gasteiger partial charge in [-0.2, -0.15) is 4.98 Å². The van der Waals surface area contributed by atoms with Crippen LogP contribution in [0.15, 0.2) is 58.9 Å². The first-order chi connectivity index (χ1) is 19.3. The van der Waals surface area contributed by atoms with E-state index in [1.54, 1.807) is 30.0 Å². The second-order valence-corrected chi connectivity index (χ2v) is 11.3. The largest absolute Gasteiger partial charge is 0.493 e. The molecule has 1 aliphatic carbocycles. The summed E-state index contributed by atoms with van der Waals surface area (Å²) in [6.45, 7) is 5.75. The number of rotatable bonds is 9. The Morgan fingerprint density at radius 1 is 1.15 bits per heavy atom. The summed E-state index contributed by atoms with van der Waals surface area (Å²) in [5, 5.41) is 8.48. The van der Waals surface area contributed by atoms with Crippen LogP contribution in [0.5, 0.6) is 11.5 Å². The van der Waals surface area contributed by atoms with Gasteiger partial charge in [0.15, 0.2) is 11.5 Å². The Morgan fingerprint density at radius 2 is 1.93 bits per heavy atom. The van der Waals surface area contributed by atoms with Gasteiger partial charge in [-0.25, -0.2) is 13.9 Å². The van der Waals surface area contributed by atoms with E-state index in [1.165, 1.54) is 24.2 Å². The molecule has 0 radical (unpaired) electrons. The van der Waals surface area contributed by atoms with E-state index in [0.717, 1.165) is 31.2 Å². The molecule has 0 bridgehead atoms. The molecule has 1 aliphatic heterocycles. The predicted octanol–water partition coefficient (Wildman–Crippen LogP) is 6.67. The lowest BCUT2D eigenvalue weighted by molar-refractivity contribution is -0.146. The van der Waals surface area contributed by atoms with Crippen molar-refractivity contribution in [1.82, 2.24) is 14.8 Å². The summed E-state index contributed by atoms with van der Waals surface area (Å²) >= 11 is 1.33. The number of anilines is 1. The molecule has 212 valence electrons. The Bertz CT molecular complexity index is 1400. The van der Waals surface area contributed by atoms with Crippen LogP contribution < -0.4 is 14.8 Å². The average molecular weight is 567 g/mol. The minimum absolute atomic E-state index is 0.0299. The maximum atomic E-state index is 14.2. The summed E-state index contributed by atoms with van der Waals surface area (Å²) in [5.74, 6) is 1.40. The van der Waals surface area contributed by atoms with Crippen molar-refractivity contribution in [3.05, 3.63) is 70.7 Å². The van der Waals surface area contributed by atoms with E-state index in [0.29, 0.717) is 45.2 Å². The highest BCUT2D eigenvalue weighted by Gasteiger charge is 2.37. The zero-order chi connectivity index (χ0) is 28.2. The number of thioether (sulfide) groups is 1. The number of carbonyl (C=O) groups is 1. The second kappa shape index (κ2) is 12.3. The summed E-state index contributed by atoms with van der Waals surface area (Å²) in [4.78, 5) is 18.4. The molecule has 40 heavy (non-hydrogen) atoms. The van der Waals surface area contributed by atoms with Crippen LogP contribution >= 0.6 is 11.8 Å². The van der Waals surface area contributed by atoms with E-state index < -0.39 is 6.04 Å². The Hall–Kier alpha value is -3.53. The summed E-state index contributed by atoms with van der Waals surface area (Å²) < 4.78 is 33.5. The number of allylic oxidation sites excluding steroid dienone is 1. The zero-order valence-corrected chi connectivity index (χ0v) is 24.1. The van der Waals surface area contributed by atoms with Crippen molar-refractivity contribution < 1.29 is 23.4 Å². The molecule has 1 N–H and O–H groups in total. The van der Waals surface area contributed by atoms with Crippen molar-refractivity contribution in [1.29, 1.82) is 0 Å². The molecule has 2 aliphatic rings. The van der Waals surface area contributed by atoms with Crippen LogP contribution in [0.4, 0.5) is 10.3 Å². The molecule has 2 aromatic carbocycles. The number of benzene rings is 2. The molecule has 5 rings (SSSR count). The number of nitrogens with zero attached hydrogens (tertiary/aromatic N) is 3. The Morgan fingerprint density at radius 3 is 2.65 bits per heavy atom. The molecule has 0 amide bonds. The fourth-order valence-corrected chi connectivity index (χ4v) is 5.94. The summed E-state index contributed by atoms with van der Waals surface area (Å²) in [5.41, 5.74) is 2.47. The van der Waals surface area contributed by atoms with Crippen LogP contribution in [0, 0.1) is 5.82 Å². The van der Waals surface area contributed by atoms with E-state index in [4.69, 9.17) is 19.3 Å². The van der Waals surface area contributed by atoms with Gasteiger partial charge in [-0.1, -0.05) is 42.4 Å². The van der Waals surface area contributed by atoms with Crippen molar-refractivity contribution in [3.63, 3.8) is 0 Å². The van der Waals surface area contributed by atoms with Crippen LogP contribution in [0.2, 0.25) is 0 Å². The van der Waals surface area contributed by atoms with E-state index in [1.807, 2.05) is 39.0 Å². The number of fused-ring (bicyclic) bond motifs is 1. The van der Waals surface area contributed by atoms with E-state index in [-0.39, 0.29) is 24.0 Å². The maximum absolute atomic E-state index is 14.2. The third-order valence-corrected chi connectivity index (χ3v) is 7.95. The van der Waals surface area contributed by atoms with Crippen molar-refractivity contribution in [2.75, 3.05) is 12.4 Å². The van der Waals surface area contributed by atoms with E-state index >= 15 is 0 Å². The Labute approximate surface area is 238 Å². The molecule has 0 saturated heterocycles. The Kier molecular flexibility index (Phi) is 8.63. The van der Waals surface area contributed by atoms with Crippen molar-refractivity contribution in [3.8, 4) is 11.5 Å². The smallest absolute Gasteiger partial charge is 0.338 e. The number of hydrogen-bond acceptors (Lipinski definition) is 8. The number of ether oxygens (including phenoxy) is 3. The quantitative estimate of drug-likeness (QED) is 0.227. The van der Waals surface area contributed by atoms with Gasteiger partial charge < -0.3 is 19.5 Å². The molecule has 1 fully saturated rings. The first-order valence-electron chi connectivity index (χ1n) is 13.7. The van der Waals surface area contributed by atoms with Gasteiger partial charge in [-0.15, -0.1) is 5.10 Å². The number of esters is 1.